The predicted molar refractivity (Wildman–Crippen MR) is 47.1 cm³/mol. The first kappa shape index (κ1) is 14.2. The van der Waals surface area contributed by atoms with E-state index in [1.807, 2.05) is 0 Å². The average Bonchev–Trinajstić information content (AvgIpc) is 1.88. The van der Waals surface area contributed by atoms with Gasteiger partial charge in [0.15, 0.2) is 0 Å². The van der Waals surface area contributed by atoms with Crippen molar-refractivity contribution in [3.63, 3.8) is 0 Å². The minimum absolute atomic E-state index is 0. The van der Waals surface area contributed by atoms with Crippen LogP contribution in [0.2, 0.25) is 0 Å². The molecule has 0 aliphatic carbocycles. The number of rotatable bonds is 5. The van der Waals surface area contributed by atoms with E-state index in [1.165, 1.54) is 0 Å². The van der Waals surface area contributed by atoms with Gasteiger partial charge in [-0.25, -0.2) is 0 Å². The molecule has 0 heterocycles. The SMILES string of the molecule is NCCCC[C@H](N)C(=O)O.[CaH2]. The molecule has 0 aromatic carbocycles. The molecule has 5 N–H and O–H groups in total. The molecule has 4 nitrogen and oxygen atoms in total. The summed E-state index contributed by atoms with van der Waals surface area (Å²) in [4.78, 5) is 10.1. The Kier molecular flexibility index (Phi) is 11.3. The van der Waals surface area contributed by atoms with Gasteiger partial charge < -0.3 is 16.6 Å². The molecule has 0 rings (SSSR count). The van der Waals surface area contributed by atoms with Gasteiger partial charge in [-0.05, 0) is 19.4 Å². The summed E-state index contributed by atoms with van der Waals surface area (Å²) >= 11 is 0. The molecule has 5 heteroatoms. The number of aliphatic carboxylic acids is 1. The number of hydrogen-bond acceptors (Lipinski definition) is 3. The van der Waals surface area contributed by atoms with Gasteiger partial charge in [-0.15, -0.1) is 0 Å². The van der Waals surface area contributed by atoms with E-state index in [9.17, 15) is 4.79 Å². The Morgan fingerprint density at radius 2 is 2.00 bits per heavy atom. The van der Waals surface area contributed by atoms with Gasteiger partial charge >= 0.3 is 43.7 Å². The maximum absolute atomic E-state index is 10.1. The zero-order chi connectivity index (χ0) is 7.98. The zero-order valence-electron chi connectivity index (χ0n) is 5.92. The second-order valence-electron chi connectivity index (χ2n) is 2.23. The van der Waals surface area contributed by atoms with Gasteiger partial charge in [0.25, 0.3) is 0 Å². The normalized spacial score (nSPS) is 11.8. The van der Waals surface area contributed by atoms with E-state index in [2.05, 4.69) is 0 Å². The third kappa shape index (κ3) is 8.56. The Morgan fingerprint density at radius 3 is 2.36 bits per heavy atom. The Bertz CT molecular complexity index is 111. The first-order valence-electron chi connectivity index (χ1n) is 3.37. The molecule has 0 spiro atoms. The van der Waals surface area contributed by atoms with Crippen molar-refractivity contribution in [1.82, 2.24) is 0 Å². The van der Waals surface area contributed by atoms with Crippen LogP contribution in [-0.2, 0) is 4.79 Å². The molecule has 0 unspecified atom stereocenters. The summed E-state index contributed by atoms with van der Waals surface area (Å²) in [5.41, 5.74) is 10.4. The van der Waals surface area contributed by atoms with E-state index in [-0.39, 0.29) is 37.7 Å². The number of carbonyl (C=O) groups is 1. The van der Waals surface area contributed by atoms with Crippen molar-refractivity contribution < 1.29 is 9.90 Å². The molecule has 0 saturated carbocycles. The average molecular weight is 188 g/mol. The maximum atomic E-state index is 10.1. The van der Waals surface area contributed by atoms with Crippen molar-refractivity contribution in [1.29, 1.82) is 0 Å². The fourth-order valence-electron chi connectivity index (χ4n) is 0.632. The molecular formula is C6H16CaN2O2. The van der Waals surface area contributed by atoms with Gasteiger partial charge in [0.2, 0.25) is 0 Å². The summed E-state index contributed by atoms with van der Waals surface area (Å²) in [6.07, 6.45) is 2.16. The second-order valence-corrected chi connectivity index (χ2v) is 2.23. The van der Waals surface area contributed by atoms with Crippen LogP contribution in [0.25, 0.3) is 0 Å². The van der Waals surface area contributed by atoms with Gasteiger partial charge in [0, 0.05) is 0 Å². The third-order valence-corrected chi connectivity index (χ3v) is 1.29. The zero-order valence-corrected chi connectivity index (χ0v) is 5.92. The third-order valence-electron chi connectivity index (χ3n) is 1.29. The van der Waals surface area contributed by atoms with Crippen LogP contribution in [0.15, 0.2) is 0 Å². The first-order chi connectivity index (χ1) is 4.68. The fraction of sp³-hybridized carbons (Fsp3) is 0.833. The van der Waals surface area contributed by atoms with Crippen molar-refractivity contribution in [2.24, 2.45) is 11.5 Å². The summed E-state index contributed by atoms with van der Waals surface area (Å²) in [6, 6.07) is -0.716. The summed E-state index contributed by atoms with van der Waals surface area (Å²) < 4.78 is 0. The molecular weight excluding hydrogens is 172 g/mol. The van der Waals surface area contributed by atoms with Crippen LogP contribution in [0.3, 0.4) is 0 Å². The Hall–Kier alpha value is 0.650. The quantitative estimate of drug-likeness (QED) is 0.366. The summed E-state index contributed by atoms with van der Waals surface area (Å²) in [5, 5.41) is 8.33. The van der Waals surface area contributed by atoms with Crippen LogP contribution in [0, 0.1) is 0 Å². The van der Waals surface area contributed by atoms with Crippen LogP contribution in [0.5, 0.6) is 0 Å². The molecule has 0 bridgehead atoms. The van der Waals surface area contributed by atoms with Crippen LogP contribution in [-0.4, -0.2) is 61.4 Å². The minimum atomic E-state index is -0.933. The number of unbranched alkanes of at least 4 members (excludes halogenated alkanes) is 1. The van der Waals surface area contributed by atoms with E-state index in [0.29, 0.717) is 13.0 Å². The van der Waals surface area contributed by atoms with Crippen molar-refractivity contribution in [2.75, 3.05) is 6.54 Å². The van der Waals surface area contributed by atoms with Crippen LogP contribution in [0.1, 0.15) is 19.3 Å². The Labute approximate surface area is 96.3 Å². The van der Waals surface area contributed by atoms with Crippen LogP contribution < -0.4 is 11.5 Å². The number of carboxylic acids is 1. The number of carboxylic acid groups (broad SMARTS) is 1. The first-order valence-corrected chi connectivity index (χ1v) is 3.37. The number of nitrogens with two attached hydrogens (primary N) is 2. The Balaban J connectivity index is 0. The summed E-state index contributed by atoms with van der Waals surface area (Å²) in [7, 11) is 0. The van der Waals surface area contributed by atoms with Gasteiger partial charge in [-0.2, -0.15) is 0 Å². The second kappa shape index (κ2) is 8.74. The van der Waals surface area contributed by atoms with Gasteiger partial charge in [-0.3, -0.25) is 4.79 Å². The summed E-state index contributed by atoms with van der Waals surface area (Å²) in [5.74, 6) is -0.933. The number of hydrogen-bond donors (Lipinski definition) is 3. The van der Waals surface area contributed by atoms with Crippen LogP contribution >= 0.6 is 0 Å². The Morgan fingerprint density at radius 1 is 1.45 bits per heavy atom. The molecule has 0 radical (unpaired) electrons. The molecule has 0 fully saturated rings. The molecule has 64 valence electrons. The van der Waals surface area contributed by atoms with Crippen LogP contribution in [0.4, 0.5) is 0 Å². The molecule has 0 amide bonds. The summed E-state index contributed by atoms with van der Waals surface area (Å²) in [6.45, 7) is 0.604. The van der Waals surface area contributed by atoms with Crippen molar-refractivity contribution in [3.05, 3.63) is 0 Å². The van der Waals surface area contributed by atoms with E-state index in [1.54, 1.807) is 0 Å². The van der Waals surface area contributed by atoms with Gasteiger partial charge in [-0.1, -0.05) is 6.42 Å². The molecule has 0 aliphatic heterocycles. The molecule has 0 saturated heterocycles. The van der Waals surface area contributed by atoms with E-state index < -0.39 is 12.0 Å². The predicted octanol–water partition coefficient (Wildman–Crippen LogP) is -1.39. The molecule has 11 heavy (non-hydrogen) atoms. The monoisotopic (exact) mass is 188 g/mol. The fourth-order valence-corrected chi connectivity index (χ4v) is 0.632. The van der Waals surface area contributed by atoms with Gasteiger partial charge in [0.05, 0.1) is 0 Å². The van der Waals surface area contributed by atoms with E-state index >= 15 is 0 Å². The molecule has 0 aromatic rings. The van der Waals surface area contributed by atoms with E-state index in [4.69, 9.17) is 16.6 Å². The molecule has 0 aliphatic rings. The van der Waals surface area contributed by atoms with Gasteiger partial charge in [0.1, 0.15) is 6.04 Å². The van der Waals surface area contributed by atoms with E-state index in [0.717, 1.165) is 12.8 Å². The standard InChI is InChI=1S/C6H14N2O2.Ca.2H/c7-4-2-1-3-5(8)6(9)10;;;/h5H,1-4,7-8H2,(H,9,10);;;/t5-;;;/m0.../s1. The van der Waals surface area contributed by atoms with Crippen molar-refractivity contribution in [3.8, 4) is 0 Å². The molecule has 1 atom stereocenters. The topological polar surface area (TPSA) is 89.3 Å². The molecule has 0 aromatic heterocycles. The van der Waals surface area contributed by atoms with Crippen molar-refractivity contribution in [2.45, 2.75) is 25.3 Å². The van der Waals surface area contributed by atoms with Crippen molar-refractivity contribution >= 4 is 43.7 Å².